The van der Waals surface area contributed by atoms with Crippen LogP contribution in [0.4, 0.5) is 11.5 Å². The molecule has 0 aliphatic rings. The Balaban J connectivity index is 2.11. The van der Waals surface area contributed by atoms with Crippen LogP contribution in [-0.4, -0.2) is 21.0 Å². The van der Waals surface area contributed by atoms with E-state index in [0.29, 0.717) is 0 Å². The molecule has 0 fully saturated rings. The first-order valence-corrected chi connectivity index (χ1v) is 6.52. The zero-order chi connectivity index (χ0) is 14.8. The Hall–Kier alpha value is -2.66. The lowest BCUT2D eigenvalue weighted by Gasteiger charge is -2.11. The van der Waals surface area contributed by atoms with Gasteiger partial charge in [-0.25, -0.2) is 9.78 Å². The van der Waals surface area contributed by atoms with Gasteiger partial charge in [0.2, 0.25) is 0 Å². The third-order valence-corrected chi connectivity index (χ3v) is 3.24. The van der Waals surface area contributed by atoms with Crippen LogP contribution < -0.4 is 5.32 Å². The molecule has 6 heteroatoms. The summed E-state index contributed by atoms with van der Waals surface area (Å²) < 4.78 is 0. The second-order valence-corrected chi connectivity index (χ2v) is 4.75. The fourth-order valence-corrected chi connectivity index (χ4v) is 2.21. The molecule has 0 unspecified atom stereocenters. The van der Waals surface area contributed by atoms with Crippen LogP contribution >= 0.6 is 11.6 Å². The van der Waals surface area contributed by atoms with E-state index >= 15 is 0 Å². The largest absolute Gasteiger partial charge is 0.478 e. The SMILES string of the molecule is O=C(O)c1ccc(Cl)nc1Nc1cccc2cnccc12. The number of nitrogens with one attached hydrogen (secondary N) is 1. The van der Waals surface area contributed by atoms with Crippen LogP contribution in [0.25, 0.3) is 10.8 Å². The maximum Gasteiger partial charge on any atom is 0.339 e. The van der Waals surface area contributed by atoms with Crippen molar-refractivity contribution in [2.45, 2.75) is 0 Å². The Morgan fingerprint density at radius 2 is 2.05 bits per heavy atom. The highest BCUT2D eigenvalue weighted by Crippen LogP contribution is 2.27. The number of nitrogens with zero attached hydrogens (tertiary/aromatic N) is 2. The van der Waals surface area contributed by atoms with E-state index in [2.05, 4.69) is 15.3 Å². The normalized spacial score (nSPS) is 10.5. The molecule has 0 saturated carbocycles. The van der Waals surface area contributed by atoms with E-state index < -0.39 is 5.97 Å². The van der Waals surface area contributed by atoms with E-state index in [1.165, 1.54) is 12.1 Å². The number of anilines is 2. The van der Waals surface area contributed by atoms with Crippen LogP contribution in [0.2, 0.25) is 5.15 Å². The van der Waals surface area contributed by atoms with Crippen LogP contribution in [0.3, 0.4) is 0 Å². The van der Waals surface area contributed by atoms with Crippen molar-refractivity contribution in [3.05, 3.63) is 59.5 Å². The Bertz CT molecular complexity index is 831. The predicted molar refractivity (Wildman–Crippen MR) is 81.2 cm³/mol. The van der Waals surface area contributed by atoms with Gasteiger partial charge < -0.3 is 10.4 Å². The number of carboxylic acid groups (broad SMARTS) is 1. The summed E-state index contributed by atoms with van der Waals surface area (Å²) in [4.78, 5) is 19.4. The molecule has 0 aliphatic carbocycles. The van der Waals surface area contributed by atoms with Gasteiger partial charge in [-0.3, -0.25) is 4.98 Å². The molecule has 2 heterocycles. The monoisotopic (exact) mass is 299 g/mol. The molecule has 0 bridgehead atoms. The van der Waals surface area contributed by atoms with E-state index in [4.69, 9.17) is 11.6 Å². The van der Waals surface area contributed by atoms with Crippen molar-refractivity contribution >= 4 is 39.8 Å². The summed E-state index contributed by atoms with van der Waals surface area (Å²) in [6.45, 7) is 0. The molecule has 3 rings (SSSR count). The first kappa shape index (κ1) is 13.3. The van der Waals surface area contributed by atoms with Gasteiger partial charge in [-0.05, 0) is 24.3 Å². The molecular weight excluding hydrogens is 290 g/mol. The molecule has 0 spiro atoms. The minimum absolute atomic E-state index is 0.0606. The molecule has 0 radical (unpaired) electrons. The lowest BCUT2D eigenvalue weighted by molar-refractivity contribution is 0.0697. The van der Waals surface area contributed by atoms with E-state index in [0.717, 1.165) is 16.5 Å². The second kappa shape index (κ2) is 5.38. The van der Waals surface area contributed by atoms with E-state index in [1.807, 2.05) is 24.3 Å². The van der Waals surface area contributed by atoms with Crippen molar-refractivity contribution in [2.75, 3.05) is 5.32 Å². The van der Waals surface area contributed by atoms with Gasteiger partial charge in [0.05, 0.1) is 0 Å². The fraction of sp³-hybridized carbons (Fsp3) is 0. The van der Waals surface area contributed by atoms with Crippen LogP contribution in [0.15, 0.2) is 48.8 Å². The second-order valence-electron chi connectivity index (χ2n) is 4.36. The first-order valence-electron chi connectivity index (χ1n) is 6.15. The highest BCUT2D eigenvalue weighted by molar-refractivity contribution is 6.29. The maximum absolute atomic E-state index is 11.3. The van der Waals surface area contributed by atoms with Gasteiger partial charge in [-0.15, -0.1) is 0 Å². The van der Waals surface area contributed by atoms with E-state index in [1.54, 1.807) is 12.4 Å². The summed E-state index contributed by atoms with van der Waals surface area (Å²) in [6.07, 6.45) is 3.42. The van der Waals surface area contributed by atoms with Gasteiger partial charge in [0.1, 0.15) is 16.5 Å². The third-order valence-electron chi connectivity index (χ3n) is 3.03. The van der Waals surface area contributed by atoms with Crippen LogP contribution in [0.1, 0.15) is 10.4 Å². The lowest BCUT2D eigenvalue weighted by atomic mass is 10.1. The topological polar surface area (TPSA) is 75.1 Å². The number of rotatable bonds is 3. The minimum Gasteiger partial charge on any atom is -0.478 e. The number of aromatic carboxylic acids is 1. The van der Waals surface area contributed by atoms with Crippen LogP contribution in [0.5, 0.6) is 0 Å². The maximum atomic E-state index is 11.3. The number of aromatic nitrogens is 2. The van der Waals surface area contributed by atoms with Crippen LogP contribution in [0, 0.1) is 0 Å². The summed E-state index contributed by atoms with van der Waals surface area (Å²) in [7, 11) is 0. The Morgan fingerprint density at radius 3 is 2.86 bits per heavy atom. The minimum atomic E-state index is -1.07. The van der Waals surface area contributed by atoms with E-state index in [9.17, 15) is 9.90 Å². The number of carbonyl (C=O) groups is 1. The van der Waals surface area contributed by atoms with Gasteiger partial charge in [0.25, 0.3) is 0 Å². The number of benzene rings is 1. The molecule has 2 aromatic heterocycles. The summed E-state index contributed by atoms with van der Waals surface area (Å²) in [6, 6.07) is 10.4. The smallest absolute Gasteiger partial charge is 0.339 e. The molecule has 104 valence electrons. The predicted octanol–water partition coefficient (Wildman–Crippen LogP) is 3.73. The average molecular weight is 300 g/mol. The van der Waals surface area contributed by atoms with Gasteiger partial charge in [-0.2, -0.15) is 0 Å². The molecule has 0 aliphatic heterocycles. The summed E-state index contributed by atoms with van der Waals surface area (Å²) in [5, 5.41) is 14.3. The van der Waals surface area contributed by atoms with Crippen molar-refractivity contribution < 1.29 is 9.90 Å². The Kier molecular flexibility index (Phi) is 3.41. The highest BCUT2D eigenvalue weighted by atomic mass is 35.5. The Labute approximate surface area is 125 Å². The molecule has 21 heavy (non-hydrogen) atoms. The lowest BCUT2D eigenvalue weighted by Crippen LogP contribution is -2.05. The number of pyridine rings is 2. The van der Waals surface area contributed by atoms with Crippen molar-refractivity contribution in [3.8, 4) is 0 Å². The van der Waals surface area contributed by atoms with E-state index in [-0.39, 0.29) is 16.5 Å². The number of hydrogen-bond donors (Lipinski definition) is 2. The number of halogens is 1. The van der Waals surface area contributed by atoms with Gasteiger partial charge in [0, 0.05) is 28.9 Å². The molecule has 0 saturated heterocycles. The fourth-order valence-electron chi connectivity index (χ4n) is 2.06. The molecule has 3 aromatic rings. The van der Waals surface area contributed by atoms with Crippen LogP contribution in [-0.2, 0) is 0 Å². The molecule has 1 aromatic carbocycles. The van der Waals surface area contributed by atoms with Gasteiger partial charge >= 0.3 is 5.97 Å². The average Bonchev–Trinajstić information content (AvgIpc) is 2.47. The number of hydrogen-bond acceptors (Lipinski definition) is 4. The third kappa shape index (κ3) is 2.64. The Morgan fingerprint density at radius 1 is 1.19 bits per heavy atom. The van der Waals surface area contributed by atoms with Crippen molar-refractivity contribution in [1.82, 2.24) is 9.97 Å². The number of fused-ring (bicyclic) bond motifs is 1. The van der Waals surface area contributed by atoms with Gasteiger partial charge in [0.15, 0.2) is 0 Å². The van der Waals surface area contributed by atoms with Crippen molar-refractivity contribution in [1.29, 1.82) is 0 Å². The highest BCUT2D eigenvalue weighted by Gasteiger charge is 2.13. The summed E-state index contributed by atoms with van der Waals surface area (Å²) >= 11 is 5.85. The molecule has 5 nitrogen and oxygen atoms in total. The quantitative estimate of drug-likeness (QED) is 0.721. The van der Waals surface area contributed by atoms with Crippen molar-refractivity contribution in [2.24, 2.45) is 0 Å². The molecular formula is C15H10ClN3O2. The van der Waals surface area contributed by atoms with Gasteiger partial charge in [-0.1, -0.05) is 23.7 Å². The van der Waals surface area contributed by atoms with Crippen molar-refractivity contribution in [3.63, 3.8) is 0 Å². The molecule has 0 amide bonds. The first-order chi connectivity index (χ1) is 10.1. The number of carboxylic acids is 1. The zero-order valence-electron chi connectivity index (χ0n) is 10.7. The summed E-state index contributed by atoms with van der Waals surface area (Å²) in [5.41, 5.74) is 0.803. The molecule has 0 atom stereocenters. The zero-order valence-corrected chi connectivity index (χ0v) is 11.5. The molecule has 2 N–H and O–H groups in total. The standard InChI is InChI=1S/C15H10ClN3O2/c16-13-5-4-11(15(20)21)14(19-13)18-12-3-1-2-9-8-17-7-6-10(9)12/h1-8H,(H,18,19)(H,20,21). The summed E-state index contributed by atoms with van der Waals surface area (Å²) in [5.74, 6) is -0.858.